The van der Waals surface area contributed by atoms with Crippen LogP contribution in [0.5, 0.6) is 17.2 Å². The zero-order valence-electron chi connectivity index (χ0n) is 11.5. The predicted octanol–water partition coefficient (Wildman–Crippen LogP) is 3.75. The molecule has 0 saturated heterocycles. The Kier molecular flexibility index (Phi) is 3.26. The molecule has 2 aliphatic heterocycles. The molecule has 0 N–H and O–H groups in total. The van der Waals surface area contributed by atoms with Gasteiger partial charge >= 0.3 is 0 Å². The lowest BCUT2D eigenvalue weighted by molar-refractivity contribution is 0.171. The first-order valence-corrected chi connectivity index (χ1v) is 7.91. The van der Waals surface area contributed by atoms with Crippen molar-refractivity contribution in [2.75, 3.05) is 19.8 Å². The summed E-state index contributed by atoms with van der Waals surface area (Å²) >= 11 is 3.59. The molecule has 3 nitrogen and oxygen atoms in total. The number of halogens is 1. The van der Waals surface area contributed by atoms with Gasteiger partial charge in [-0.1, -0.05) is 22.0 Å². The van der Waals surface area contributed by atoms with Crippen molar-refractivity contribution in [2.24, 2.45) is 0 Å². The minimum absolute atomic E-state index is 0.617. The Morgan fingerprint density at radius 3 is 2.67 bits per heavy atom. The first kappa shape index (κ1) is 13.0. The maximum atomic E-state index is 5.79. The van der Waals surface area contributed by atoms with Gasteiger partial charge in [0.25, 0.3) is 0 Å². The lowest BCUT2D eigenvalue weighted by atomic mass is 10.0. The molecule has 0 aliphatic carbocycles. The molecular formula is C17H15BrO3. The highest BCUT2D eigenvalue weighted by Gasteiger charge is 2.18. The molecule has 0 bridgehead atoms. The Morgan fingerprint density at radius 1 is 0.905 bits per heavy atom. The Hall–Kier alpha value is -1.68. The molecular weight excluding hydrogens is 332 g/mol. The first-order chi connectivity index (χ1) is 10.3. The Bertz CT molecular complexity index is 697. The summed E-state index contributed by atoms with van der Waals surface area (Å²) in [5.41, 5.74) is 3.71. The smallest absolute Gasteiger partial charge is 0.161 e. The van der Waals surface area contributed by atoms with Gasteiger partial charge in [-0.3, -0.25) is 0 Å². The van der Waals surface area contributed by atoms with E-state index in [4.69, 9.17) is 14.2 Å². The van der Waals surface area contributed by atoms with E-state index < -0.39 is 0 Å². The van der Waals surface area contributed by atoms with Crippen molar-refractivity contribution in [1.29, 1.82) is 0 Å². The molecule has 0 amide bonds. The lowest BCUT2D eigenvalue weighted by Crippen LogP contribution is -2.15. The number of hydrogen-bond donors (Lipinski definition) is 0. The average Bonchev–Trinajstić information content (AvgIpc) is 2.95. The molecule has 0 atom stereocenters. The van der Waals surface area contributed by atoms with Crippen molar-refractivity contribution in [1.82, 2.24) is 0 Å². The van der Waals surface area contributed by atoms with Crippen LogP contribution < -0.4 is 14.2 Å². The van der Waals surface area contributed by atoms with Crippen LogP contribution in [0.2, 0.25) is 0 Å². The van der Waals surface area contributed by atoms with Gasteiger partial charge in [0.1, 0.15) is 19.0 Å². The molecule has 2 heterocycles. The first-order valence-electron chi connectivity index (χ1n) is 7.12. The molecule has 4 rings (SSSR count). The van der Waals surface area contributed by atoms with Crippen molar-refractivity contribution in [2.45, 2.75) is 12.8 Å². The van der Waals surface area contributed by atoms with Crippen molar-refractivity contribution < 1.29 is 14.2 Å². The molecule has 0 spiro atoms. The van der Waals surface area contributed by atoms with Gasteiger partial charge in [-0.15, -0.1) is 0 Å². The molecule has 0 saturated carbocycles. The zero-order valence-corrected chi connectivity index (χ0v) is 13.1. The van der Waals surface area contributed by atoms with Gasteiger partial charge in [0, 0.05) is 17.3 Å². The third-order valence-corrected chi connectivity index (χ3v) is 4.28. The van der Waals surface area contributed by atoms with E-state index in [0.717, 1.165) is 41.2 Å². The summed E-state index contributed by atoms with van der Waals surface area (Å²) in [4.78, 5) is 0. The summed E-state index contributed by atoms with van der Waals surface area (Å²) in [6.45, 7) is 2.02. The monoisotopic (exact) mass is 346 g/mol. The number of benzene rings is 2. The van der Waals surface area contributed by atoms with Crippen LogP contribution in [0.4, 0.5) is 0 Å². The van der Waals surface area contributed by atoms with E-state index in [-0.39, 0.29) is 0 Å². The molecule has 4 heteroatoms. The number of hydrogen-bond acceptors (Lipinski definition) is 3. The van der Waals surface area contributed by atoms with E-state index in [0.29, 0.717) is 13.2 Å². The van der Waals surface area contributed by atoms with Gasteiger partial charge in [-0.2, -0.15) is 0 Å². The Labute approximate surface area is 132 Å². The number of ether oxygens (including phenoxy) is 3. The van der Waals surface area contributed by atoms with Gasteiger partial charge in [0.2, 0.25) is 0 Å². The fraction of sp³-hybridized carbons (Fsp3) is 0.294. The van der Waals surface area contributed by atoms with Crippen LogP contribution >= 0.6 is 15.9 Å². The highest BCUT2D eigenvalue weighted by molar-refractivity contribution is 9.10. The Morgan fingerprint density at radius 2 is 1.76 bits per heavy atom. The topological polar surface area (TPSA) is 27.7 Å². The second-order valence-electron chi connectivity index (χ2n) is 5.31. The molecule has 2 aromatic carbocycles. The fourth-order valence-electron chi connectivity index (χ4n) is 2.89. The van der Waals surface area contributed by atoms with Gasteiger partial charge < -0.3 is 14.2 Å². The zero-order chi connectivity index (χ0) is 14.2. The summed E-state index contributed by atoms with van der Waals surface area (Å²) in [7, 11) is 0. The Balaban J connectivity index is 1.67. The van der Waals surface area contributed by atoms with Gasteiger partial charge in [-0.25, -0.2) is 0 Å². The third-order valence-electron chi connectivity index (χ3n) is 3.83. The maximum absolute atomic E-state index is 5.79. The van der Waals surface area contributed by atoms with Crippen molar-refractivity contribution in [3.05, 3.63) is 51.5 Å². The summed E-state index contributed by atoms with van der Waals surface area (Å²) in [5.74, 6) is 2.72. The molecule has 0 unspecified atom stereocenters. The quantitative estimate of drug-likeness (QED) is 0.828. The van der Waals surface area contributed by atoms with Crippen LogP contribution in [-0.2, 0) is 12.8 Å². The minimum atomic E-state index is 0.617. The molecule has 0 aromatic heterocycles. The predicted molar refractivity (Wildman–Crippen MR) is 83.6 cm³/mol. The van der Waals surface area contributed by atoms with E-state index in [1.54, 1.807) is 0 Å². The van der Waals surface area contributed by atoms with Gasteiger partial charge in [-0.05, 0) is 41.0 Å². The summed E-state index contributed by atoms with van der Waals surface area (Å²) in [6.07, 6.45) is 1.82. The van der Waals surface area contributed by atoms with Crippen LogP contribution in [0.15, 0.2) is 34.8 Å². The van der Waals surface area contributed by atoms with Crippen molar-refractivity contribution >= 4 is 15.9 Å². The fourth-order valence-corrected chi connectivity index (χ4v) is 3.45. The van der Waals surface area contributed by atoms with E-state index in [2.05, 4.69) is 40.2 Å². The van der Waals surface area contributed by atoms with E-state index in [1.807, 2.05) is 6.07 Å². The van der Waals surface area contributed by atoms with Crippen LogP contribution in [0.3, 0.4) is 0 Å². The van der Waals surface area contributed by atoms with Crippen LogP contribution in [-0.4, -0.2) is 19.8 Å². The SMILES string of the molecule is Brc1cc2c(c(Cc3ccc4c(c3)OCCO4)c1)OCC2. The van der Waals surface area contributed by atoms with Gasteiger partial charge in [0.15, 0.2) is 11.5 Å². The number of rotatable bonds is 2. The highest BCUT2D eigenvalue weighted by atomic mass is 79.9. The standard InChI is InChI=1S/C17H15BrO3/c18-14-9-12-3-4-21-17(12)13(10-14)7-11-1-2-15-16(8-11)20-6-5-19-15/h1-2,8-10H,3-7H2. The summed E-state index contributed by atoms with van der Waals surface area (Å²) in [5, 5.41) is 0. The third kappa shape index (κ3) is 2.48. The largest absolute Gasteiger partial charge is 0.493 e. The average molecular weight is 347 g/mol. The van der Waals surface area contributed by atoms with Crippen LogP contribution in [0.25, 0.3) is 0 Å². The minimum Gasteiger partial charge on any atom is -0.493 e. The second-order valence-corrected chi connectivity index (χ2v) is 6.22. The molecule has 21 heavy (non-hydrogen) atoms. The van der Waals surface area contributed by atoms with E-state index in [1.165, 1.54) is 16.7 Å². The molecule has 2 aliphatic rings. The number of fused-ring (bicyclic) bond motifs is 2. The molecule has 0 radical (unpaired) electrons. The van der Waals surface area contributed by atoms with Crippen LogP contribution in [0.1, 0.15) is 16.7 Å². The van der Waals surface area contributed by atoms with E-state index in [9.17, 15) is 0 Å². The maximum Gasteiger partial charge on any atom is 0.161 e. The highest BCUT2D eigenvalue weighted by Crippen LogP contribution is 2.36. The lowest BCUT2D eigenvalue weighted by Gasteiger charge is -2.19. The van der Waals surface area contributed by atoms with Crippen molar-refractivity contribution in [3.8, 4) is 17.2 Å². The molecule has 0 fully saturated rings. The molecule has 108 valence electrons. The van der Waals surface area contributed by atoms with Gasteiger partial charge in [0.05, 0.1) is 6.61 Å². The van der Waals surface area contributed by atoms with Crippen LogP contribution in [0, 0.1) is 0 Å². The summed E-state index contributed by atoms with van der Waals surface area (Å²) in [6, 6.07) is 10.4. The summed E-state index contributed by atoms with van der Waals surface area (Å²) < 4.78 is 18.1. The second kappa shape index (κ2) is 5.26. The van der Waals surface area contributed by atoms with Crippen molar-refractivity contribution in [3.63, 3.8) is 0 Å². The normalized spacial score (nSPS) is 15.5. The van der Waals surface area contributed by atoms with E-state index >= 15 is 0 Å². The molecule has 2 aromatic rings.